The molecule has 0 saturated carbocycles. The van der Waals surface area contributed by atoms with E-state index in [1.54, 1.807) is 23.1 Å². The third-order valence-electron chi connectivity index (χ3n) is 4.05. The van der Waals surface area contributed by atoms with Crippen LogP contribution < -0.4 is 10.6 Å². The lowest BCUT2D eigenvalue weighted by Gasteiger charge is -2.30. The Hall–Kier alpha value is -1.53. The number of benzene rings is 1. The molecule has 4 nitrogen and oxygen atoms in total. The molecule has 2 aromatic rings. The Balaban J connectivity index is 1.70. The van der Waals surface area contributed by atoms with Crippen molar-refractivity contribution in [2.75, 3.05) is 24.2 Å². The number of carbonyl (C=O) groups is 1. The van der Waals surface area contributed by atoms with Gasteiger partial charge < -0.3 is 10.6 Å². The average Bonchev–Trinajstić information content (AvgIpc) is 3.05. The molecule has 1 amide bonds. The van der Waals surface area contributed by atoms with E-state index >= 15 is 0 Å². The number of primary amides is 1. The van der Waals surface area contributed by atoms with Gasteiger partial charge in [-0.2, -0.15) is 0 Å². The van der Waals surface area contributed by atoms with Gasteiger partial charge in [-0.3, -0.25) is 4.79 Å². The first-order chi connectivity index (χ1) is 10.7. The molecule has 116 valence electrons. The van der Waals surface area contributed by atoms with Gasteiger partial charge in [0.25, 0.3) is 0 Å². The van der Waals surface area contributed by atoms with Crippen molar-refractivity contribution >= 4 is 34.1 Å². The van der Waals surface area contributed by atoms with Crippen molar-refractivity contribution in [3.63, 3.8) is 0 Å². The van der Waals surface area contributed by atoms with Crippen molar-refractivity contribution in [1.29, 1.82) is 0 Å². The van der Waals surface area contributed by atoms with Gasteiger partial charge in [-0.25, -0.2) is 4.98 Å². The van der Waals surface area contributed by atoms with Crippen LogP contribution in [0.25, 0.3) is 11.3 Å². The fourth-order valence-corrected chi connectivity index (χ4v) is 3.96. The van der Waals surface area contributed by atoms with Gasteiger partial charge >= 0.3 is 0 Å². The molecule has 1 aliphatic heterocycles. The van der Waals surface area contributed by atoms with E-state index in [0.717, 1.165) is 42.3 Å². The number of hydrogen-bond acceptors (Lipinski definition) is 5. The van der Waals surface area contributed by atoms with Crippen LogP contribution >= 0.6 is 23.1 Å². The van der Waals surface area contributed by atoms with E-state index in [4.69, 9.17) is 10.7 Å². The van der Waals surface area contributed by atoms with E-state index in [2.05, 4.69) is 40.8 Å². The number of thioether (sulfide) groups is 1. The summed E-state index contributed by atoms with van der Waals surface area (Å²) >= 11 is 3.40. The fraction of sp³-hybridized carbons (Fsp3) is 0.375. The lowest BCUT2D eigenvalue weighted by atomic mass is 9.97. The van der Waals surface area contributed by atoms with Crippen LogP contribution in [-0.4, -0.2) is 30.2 Å². The molecule has 3 rings (SSSR count). The van der Waals surface area contributed by atoms with Gasteiger partial charge in [0.1, 0.15) is 0 Å². The maximum atomic E-state index is 11.2. The normalized spacial score (nSPS) is 16.0. The minimum absolute atomic E-state index is 0.0229. The molecule has 1 aromatic heterocycles. The lowest BCUT2D eigenvalue weighted by molar-refractivity contribution is -0.122. The quantitative estimate of drug-likeness (QED) is 0.873. The molecule has 0 radical (unpaired) electrons. The highest BCUT2D eigenvalue weighted by Crippen LogP contribution is 2.31. The molecule has 0 bridgehead atoms. The highest BCUT2D eigenvalue weighted by atomic mass is 32.2. The molecule has 0 atom stereocenters. The van der Waals surface area contributed by atoms with Crippen molar-refractivity contribution < 1.29 is 4.79 Å². The SMILES string of the molecule is CSc1ccc(-c2csc(N3CCC(C(N)=O)CC3)n2)cc1. The van der Waals surface area contributed by atoms with E-state index in [1.165, 1.54) is 4.90 Å². The molecule has 1 fully saturated rings. The molecule has 6 heteroatoms. The smallest absolute Gasteiger partial charge is 0.220 e. The lowest BCUT2D eigenvalue weighted by Crippen LogP contribution is -2.38. The van der Waals surface area contributed by atoms with E-state index < -0.39 is 0 Å². The Morgan fingerprint density at radius 2 is 2.00 bits per heavy atom. The summed E-state index contributed by atoms with van der Waals surface area (Å²) in [4.78, 5) is 19.5. The summed E-state index contributed by atoms with van der Waals surface area (Å²) in [7, 11) is 0. The van der Waals surface area contributed by atoms with Crippen molar-refractivity contribution in [2.45, 2.75) is 17.7 Å². The number of hydrogen-bond donors (Lipinski definition) is 1. The van der Waals surface area contributed by atoms with E-state index in [-0.39, 0.29) is 11.8 Å². The van der Waals surface area contributed by atoms with Crippen LogP contribution in [0.5, 0.6) is 0 Å². The van der Waals surface area contributed by atoms with Crippen LogP contribution in [0.15, 0.2) is 34.5 Å². The van der Waals surface area contributed by atoms with Crippen molar-refractivity contribution in [1.82, 2.24) is 4.98 Å². The summed E-state index contributed by atoms with van der Waals surface area (Å²) in [5.41, 5.74) is 7.55. The van der Waals surface area contributed by atoms with E-state index in [0.29, 0.717) is 0 Å². The largest absolute Gasteiger partial charge is 0.369 e. The monoisotopic (exact) mass is 333 g/mol. The Morgan fingerprint density at radius 3 is 2.59 bits per heavy atom. The Kier molecular flexibility index (Phi) is 4.69. The standard InChI is InChI=1S/C16H19N3OS2/c1-21-13-4-2-11(3-5-13)14-10-22-16(18-14)19-8-6-12(7-9-19)15(17)20/h2-5,10,12H,6-9H2,1H3,(H2,17,20). The van der Waals surface area contributed by atoms with Crippen LogP contribution in [0.2, 0.25) is 0 Å². The second-order valence-electron chi connectivity index (χ2n) is 5.41. The molecular formula is C16H19N3OS2. The van der Waals surface area contributed by atoms with Crippen LogP contribution in [0, 0.1) is 5.92 Å². The maximum absolute atomic E-state index is 11.2. The number of rotatable bonds is 4. The topological polar surface area (TPSA) is 59.2 Å². The second-order valence-corrected chi connectivity index (χ2v) is 7.12. The van der Waals surface area contributed by atoms with Crippen LogP contribution in [0.3, 0.4) is 0 Å². The van der Waals surface area contributed by atoms with Crippen LogP contribution in [0.4, 0.5) is 5.13 Å². The van der Waals surface area contributed by atoms with Crippen molar-refractivity contribution in [3.05, 3.63) is 29.6 Å². The zero-order valence-electron chi connectivity index (χ0n) is 12.5. The second kappa shape index (κ2) is 6.71. The number of anilines is 1. The van der Waals surface area contributed by atoms with Gasteiger partial charge in [-0.1, -0.05) is 12.1 Å². The summed E-state index contributed by atoms with van der Waals surface area (Å²) < 4.78 is 0. The van der Waals surface area contributed by atoms with Gasteiger partial charge in [-0.15, -0.1) is 23.1 Å². The third-order valence-corrected chi connectivity index (χ3v) is 5.69. The molecular weight excluding hydrogens is 314 g/mol. The predicted octanol–water partition coefficient (Wildman–Crippen LogP) is 3.23. The zero-order chi connectivity index (χ0) is 15.5. The van der Waals surface area contributed by atoms with Crippen LogP contribution in [-0.2, 0) is 4.79 Å². The third kappa shape index (κ3) is 3.28. The number of aromatic nitrogens is 1. The Morgan fingerprint density at radius 1 is 1.32 bits per heavy atom. The number of thiazole rings is 1. The Bertz CT molecular complexity index is 646. The number of piperidine rings is 1. The highest BCUT2D eigenvalue weighted by molar-refractivity contribution is 7.98. The van der Waals surface area contributed by atoms with Gasteiger partial charge in [0.05, 0.1) is 5.69 Å². The first kappa shape index (κ1) is 15.4. The van der Waals surface area contributed by atoms with Gasteiger partial charge in [0, 0.05) is 34.8 Å². The summed E-state index contributed by atoms with van der Waals surface area (Å²) in [5, 5.41) is 3.13. The maximum Gasteiger partial charge on any atom is 0.220 e. The molecule has 1 aromatic carbocycles. The summed E-state index contributed by atoms with van der Waals surface area (Å²) in [6, 6.07) is 8.47. The molecule has 2 N–H and O–H groups in total. The highest BCUT2D eigenvalue weighted by Gasteiger charge is 2.24. The molecule has 1 aliphatic rings. The number of nitrogens with zero attached hydrogens (tertiary/aromatic N) is 2. The molecule has 0 spiro atoms. The van der Waals surface area contributed by atoms with Crippen molar-refractivity contribution in [2.24, 2.45) is 11.7 Å². The Labute approximate surface area is 138 Å². The number of amides is 1. The molecule has 0 aliphatic carbocycles. The van der Waals surface area contributed by atoms with E-state index in [9.17, 15) is 4.79 Å². The zero-order valence-corrected chi connectivity index (χ0v) is 14.1. The van der Waals surface area contributed by atoms with Gasteiger partial charge in [0.15, 0.2) is 5.13 Å². The summed E-state index contributed by atoms with van der Waals surface area (Å²) in [6.07, 6.45) is 3.73. The molecule has 22 heavy (non-hydrogen) atoms. The molecule has 0 unspecified atom stereocenters. The first-order valence-electron chi connectivity index (χ1n) is 7.31. The van der Waals surface area contributed by atoms with Gasteiger partial charge in [-0.05, 0) is 31.2 Å². The molecule has 1 saturated heterocycles. The molecule has 2 heterocycles. The summed E-state index contributed by atoms with van der Waals surface area (Å²) in [5.74, 6) is -0.150. The van der Waals surface area contributed by atoms with Crippen LogP contribution in [0.1, 0.15) is 12.8 Å². The first-order valence-corrected chi connectivity index (χ1v) is 9.42. The number of carbonyl (C=O) groups excluding carboxylic acids is 1. The summed E-state index contributed by atoms with van der Waals surface area (Å²) in [6.45, 7) is 1.71. The predicted molar refractivity (Wildman–Crippen MR) is 93.5 cm³/mol. The van der Waals surface area contributed by atoms with Gasteiger partial charge in [0.2, 0.25) is 5.91 Å². The minimum atomic E-state index is -0.173. The number of nitrogens with two attached hydrogens (primary N) is 1. The minimum Gasteiger partial charge on any atom is -0.369 e. The average molecular weight is 333 g/mol. The van der Waals surface area contributed by atoms with Crippen molar-refractivity contribution in [3.8, 4) is 11.3 Å². The van der Waals surface area contributed by atoms with E-state index in [1.807, 2.05) is 0 Å². The fourth-order valence-electron chi connectivity index (χ4n) is 2.66.